The average molecular weight is 157 g/mol. The first kappa shape index (κ1) is 8.00. The highest BCUT2D eigenvalue weighted by Crippen LogP contribution is 2.00. The van der Waals surface area contributed by atoms with Gasteiger partial charge in [0, 0.05) is 6.04 Å². The van der Waals surface area contributed by atoms with Gasteiger partial charge in [-0.2, -0.15) is 0 Å². The molecule has 1 saturated heterocycles. The summed E-state index contributed by atoms with van der Waals surface area (Å²) in [6.45, 7) is 1.86. The lowest BCUT2D eigenvalue weighted by Gasteiger charge is -2.13. The molecule has 11 heavy (non-hydrogen) atoms. The fourth-order valence-corrected chi connectivity index (χ4v) is 0.970. The van der Waals surface area contributed by atoms with Crippen LogP contribution in [0.5, 0.6) is 0 Å². The largest absolute Gasteiger partial charge is 0.325 e. The lowest BCUT2D eigenvalue weighted by atomic mass is 10.1. The van der Waals surface area contributed by atoms with Gasteiger partial charge in [0.1, 0.15) is 6.04 Å². The van der Waals surface area contributed by atoms with Crippen LogP contribution in [0.25, 0.3) is 0 Å². The molecule has 0 aliphatic carbocycles. The number of nitrogens with two attached hydrogens (primary N) is 1. The molecule has 2 atom stereocenters. The number of carbonyl (C=O) groups excluding carboxylic acids is 2. The first-order chi connectivity index (χ1) is 5.15. The van der Waals surface area contributed by atoms with E-state index in [1.165, 1.54) is 0 Å². The molecular formula is C6H11N3O2. The van der Waals surface area contributed by atoms with E-state index in [1.807, 2.05) is 6.92 Å². The number of amides is 3. The molecule has 1 rings (SSSR count). The zero-order valence-electron chi connectivity index (χ0n) is 6.26. The number of hydrogen-bond acceptors (Lipinski definition) is 3. The summed E-state index contributed by atoms with van der Waals surface area (Å²) in [5, 5.41) is 4.54. The van der Waals surface area contributed by atoms with Crippen LogP contribution < -0.4 is 16.4 Å². The second-order valence-electron chi connectivity index (χ2n) is 2.51. The summed E-state index contributed by atoms with van der Waals surface area (Å²) < 4.78 is 0. The lowest BCUT2D eigenvalue weighted by Crippen LogP contribution is -2.45. The normalized spacial score (nSPS) is 26.2. The predicted molar refractivity (Wildman–Crippen MR) is 38.7 cm³/mol. The molecule has 5 heteroatoms. The van der Waals surface area contributed by atoms with Crippen LogP contribution >= 0.6 is 0 Å². The maximum atomic E-state index is 10.9. The second kappa shape index (κ2) is 2.87. The third-order valence-electron chi connectivity index (χ3n) is 1.71. The average Bonchev–Trinajstić information content (AvgIpc) is 2.28. The van der Waals surface area contributed by atoms with Crippen LogP contribution in [0.2, 0.25) is 0 Å². The second-order valence-corrected chi connectivity index (χ2v) is 2.51. The van der Waals surface area contributed by atoms with Gasteiger partial charge in [-0.15, -0.1) is 0 Å². The smallest absolute Gasteiger partial charge is 0.322 e. The molecule has 0 radical (unpaired) electrons. The Hall–Kier alpha value is -1.10. The summed E-state index contributed by atoms with van der Waals surface area (Å²) in [5.41, 5.74) is 5.56. The number of carbonyl (C=O) groups is 2. The van der Waals surface area contributed by atoms with Crippen LogP contribution in [-0.4, -0.2) is 24.0 Å². The van der Waals surface area contributed by atoms with Crippen molar-refractivity contribution < 1.29 is 9.59 Å². The molecule has 1 heterocycles. The standard InChI is InChI=1S/C6H11N3O2/c1-2-3(7)4-5(10)9-6(11)8-4/h3-4H,2,7H2,1H3,(H2,8,9,10,11)/t3-,4+/m0/s1. The molecule has 1 fully saturated rings. The van der Waals surface area contributed by atoms with Crippen molar-refractivity contribution in [2.24, 2.45) is 5.73 Å². The first-order valence-electron chi connectivity index (χ1n) is 3.52. The van der Waals surface area contributed by atoms with Crippen molar-refractivity contribution in [2.75, 3.05) is 0 Å². The summed E-state index contributed by atoms with van der Waals surface area (Å²) in [6, 6.07) is -1.29. The Morgan fingerprint density at radius 3 is 2.64 bits per heavy atom. The molecule has 0 aromatic carbocycles. The molecule has 0 saturated carbocycles. The van der Waals surface area contributed by atoms with Crippen LogP contribution in [0.4, 0.5) is 4.79 Å². The Balaban J connectivity index is 2.59. The minimum Gasteiger partial charge on any atom is -0.325 e. The van der Waals surface area contributed by atoms with Crippen molar-refractivity contribution in [3.8, 4) is 0 Å². The summed E-state index contributed by atoms with van der Waals surface area (Å²) in [4.78, 5) is 21.5. The zero-order valence-corrected chi connectivity index (χ0v) is 6.26. The van der Waals surface area contributed by atoms with E-state index in [-0.39, 0.29) is 11.9 Å². The van der Waals surface area contributed by atoms with Gasteiger partial charge in [-0.3, -0.25) is 10.1 Å². The van der Waals surface area contributed by atoms with E-state index in [4.69, 9.17) is 5.73 Å². The fraction of sp³-hybridized carbons (Fsp3) is 0.667. The summed E-state index contributed by atoms with van der Waals surface area (Å²) in [5.74, 6) is -0.329. The van der Waals surface area contributed by atoms with E-state index in [2.05, 4.69) is 10.6 Å². The lowest BCUT2D eigenvalue weighted by molar-refractivity contribution is -0.120. The van der Waals surface area contributed by atoms with Gasteiger partial charge in [-0.05, 0) is 6.42 Å². The number of imide groups is 1. The van der Waals surface area contributed by atoms with Gasteiger partial charge in [0.25, 0.3) is 5.91 Å². The van der Waals surface area contributed by atoms with Gasteiger partial charge in [0.05, 0.1) is 0 Å². The van der Waals surface area contributed by atoms with Crippen LogP contribution in [0.3, 0.4) is 0 Å². The Kier molecular flexibility index (Phi) is 2.09. The van der Waals surface area contributed by atoms with E-state index in [0.29, 0.717) is 6.42 Å². The van der Waals surface area contributed by atoms with Gasteiger partial charge in [-0.1, -0.05) is 6.92 Å². The highest BCUT2D eigenvalue weighted by molar-refractivity contribution is 6.04. The molecule has 1 aliphatic rings. The third-order valence-corrected chi connectivity index (χ3v) is 1.71. The third kappa shape index (κ3) is 1.48. The molecule has 62 valence electrons. The van der Waals surface area contributed by atoms with Crippen molar-refractivity contribution >= 4 is 11.9 Å². The van der Waals surface area contributed by atoms with Crippen LogP contribution in [-0.2, 0) is 4.79 Å². The molecular weight excluding hydrogens is 146 g/mol. The SMILES string of the molecule is CC[C@H](N)[C@H]1NC(=O)NC1=O. The maximum Gasteiger partial charge on any atom is 0.322 e. The van der Waals surface area contributed by atoms with Crippen molar-refractivity contribution in [2.45, 2.75) is 25.4 Å². The van der Waals surface area contributed by atoms with Crippen LogP contribution in [0.15, 0.2) is 0 Å². The van der Waals surface area contributed by atoms with E-state index < -0.39 is 12.1 Å². The molecule has 5 nitrogen and oxygen atoms in total. The summed E-state index contributed by atoms with van der Waals surface area (Å²) in [6.07, 6.45) is 0.665. The van der Waals surface area contributed by atoms with Gasteiger partial charge in [0.2, 0.25) is 0 Å². The van der Waals surface area contributed by atoms with Gasteiger partial charge in [-0.25, -0.2) is 4.79 Å². The number of rotatable bonds is 2. The molecule has 0 aromatic heterocycles. The number of hydrogen-bond donors (Lipinski definition) is 3. The van der Waals surface area contributed by atoms with Gasteiger partial charge < -0.3 is 11.1 Å². The molecule has 0 unspecified atom stereocenters. The van der Waals surface area contributed by atoms with Gasteiger partial charge in [0.15, 0.2) is 0 Å². The van der Waals surface area contributed by atoms with Gasteiger partial charge >= 0.3 is 6.03 Å². The van der Waals surface area contributed by atoms with Crippen LogP contribution in [0.1, 0.15) is 13.3 Å². The molecule has 0 spiro atoms. The molecule has 0 aromatic rings. The maximum absolute atomic E-state index is 10.9. The fourth-order valence-electron chi connectivity index (χ4n) is 0.970. The molecule has 1 aliphatic heterocycles. The Morgan fingerprint density at radius 1 is 1.64 bits per heavy atom. The van der Waals surface area contributed by atoms with Crippen LogP contribution in [0, 0.1) is 0 Å². The minimum atomic E-state index is -0.549. The summed E-state index contributed by atoms with van der Waals surface area (Å²) in [7, 11) is 0. The monoisotopic (exact) mass is 157 g/mol. The topological polar surface area (TPSA) is 84.2 Å². The van der Waals surface area contributed by atoms with Crippen molar-refractivity contribution in [1.29, 1.82) is 0 Å². The van der Waals surface area contributed by atoms with Crippen molar-refractivity contribution in [3.05, 3.63) is 0 Å². The molecule has 0 bridgehead atoms. The van der Waals surface area contributed by atoms with E-state index in [9.17, 15) is 9.59 Å². The minimum absolute atomic E-state index is 0.290. The van der Waals surface area contributed by atoms with E-state index in [1.54, 1.807) is 0 Å². The zero-order chi connectivity index (χ0) is 8.43. The highest BCUT2D eigenvalue weighted by atomic mass is 16.2. The molecule has 4 N–H and O–H groups in total. The number of nitrogens with one attached hydrogen (secondary N) is 2. The van der Waals surface area contributed by atoms with Crippen molar-refractivity contribution in [3.63, 3.8) is 0 Å². The van der Waals surface area contributed by atoms with Crippen molar-refractivity contribution in [1.82, 2.24) is 10.6 Å². The Morgan fingerprint density at radius 2 is 2.27 bits per heavy atom. The Bertz CT molecular complexity index is 192. The van der Waals surface area contributed by atoms with E-state index in [0.717, 1.165) is 0 Å². The first-order valence-corrected chi connectivity index (χ1v) is 3.52. The summed E-state index contributed by atoms with van der Waals surface area (Å²) >= 11 is 0. The number of urea groups is 1. The molecule has 3 amide bonds. The predicted octanol–water partition coefficient (Wildman–Crippen LogP) is -1.07. The quantitative estimate of drug-likeness (QED) is 0.446. The Labute approximate surface area is 64.3 Å². The highest BCUT2D eigenvalue weighted by Gasteiger charge is 2.33. The van der Waals surface area contributed by atoms with E-state index >= 15 is 0 Å².